The van der Waals surface area contributed by atoms with Gasteiger partial charge in [-0.05, 0) is 12.1 Å². The summed E-state index contributed by atoms with van der Waals surface area (Å²) in [5.41, 5.74) is 0. The summed E-state index contributed by atoms with van der Waals surface area (Å²) in [6, 6.07) is 5.09. The number of ether oxygens (including phenoxy) is 3. The summed E-state index contributed by atoms with van der Waals surface area (Å²) >= 11 is 0. The Morgan fingerprint density at radius 3 is 2.22 bits per heavy atom. The van der Waals surface area contributed by atoms with Gasteiger partial charge in [0.1, 0.15) is 0 Å². The lowest BCUT2D eigenvalue weighted by Crippen LogP contribution is -2.32. The fourth-order valence-electron chi connectivity index (χ4n) is 1.56. The third-order valence-electron chi connectivity index (χ3n) is 2.47. The summed E-state index contributed by atoms with van der Waals surface area (Å²) in [5, 5.41) is 9.10. The molecule has 1 unspecified atom stereocenters. The molecule has 5 nitrogen and oxygen atoms in total. The van der Waals surface area contributed by atoms with Crippen LogP contribution in [0.4, 0.5) is 0 Å². The summed E-state index contributed by atoms with van der Waals surface area (Å²) in [4.78, 5) is 11.1. The number of carboxylic acids is 1. The highest BCUT2D eigenvalue weighted by atomic mass is 16.5. The first kappa shape index (κ1) is 14.2. The van der Waals surface area contributed by atoms with Crippen molar-refractivity contribution >= 4 is 5.97 Å². The third-order valence-corrected chi connectivity index (χ3v) is 2.47. The molecule has 0 saturated heterocycles. The molecular weight excluding hydrogens is 236 g/mol. The molecule has 0 saturated carbocycles. The summed E-state index contributed by atoms with van der Waals surface area (Å²) in [6.45, 7) is 3.57. The minimum atomic E-state index is -1.00. The maximum Gasteiger partial charge on any atom is 0.345 e. The Hall–Kier alpha value is -1.91. The highest BCUT2D eigenvalue weighted by Crippen LogP contribution is 2.37. The molecule has 18 heavy (non-hydrogen) atoms. The molecule has 0 aliphatic rings. The quantitative estimate of drug-likeness (QED) is 0.843. The second kappa shape index (κ2) is 6.14. The van der Waals surface area contributed by atoms with Gasteiger partial charge >= 0.3 is 5.97 Å². The molecule has 0 aliphatic heterocycles. The number of aliphatic carboxylic acids is 1. The van der Waals surface area contributed by atoms with Crippen LogP contribution >= 0.6 is 0 Å². The van der Waals surface area contributed by atoms with Crippen LogP contribution in [0, 0.1) is 5.92 Å². The molecule has 0 aliphatic carbocycles. The van der Waals surface area contributed by atoms with Crippen LogP contribution in [0.15, 0.2) is 18.2 Å². The van der Waals surface area contributed by atoms with Crippen LogP contribution in [0.25, 0.3) is 0 Å². The molecule has 0 heterocycles. The summed E-state index contributed by atoms with van der Waals surface area (Å²) in [6.07, 6.45) is -0.925. The van der Waals surface area contributed by atoms with E-state index in [9.17, 15) is 4.79 Å². The van der Waals surface area contributed by atoms with Crippen LogP contribution in [0.1, 0.15) is 13.8 Å². The number of hydrogen-bond acceptors (Lipinski definition) is 4. The monoisotopic (exact) mass is 254 g/mol. The van der Waals surface area contributed by atoms with Crippen molar-refractivity contribution in [3.8, 4) is 17.2 Å². The van der Waals surface area contributed by atoms with Gasteiger partial charge in [-0.3, -0.25) is 0 Å². The Labute approximate surface area is 106 Å². The Balaban J connectivity index is 3.06. The van der Waals surface area contributed by atoms with E-state index in [1.807, 2.05) is 0 Å². The highest BCUT2D eigenvalue weighted by molar-refractivity contribution is 5.73. The largest absolute Gasteiger partial charge is 0.493 e. The van der Waals surface area contributed by atoms with Crippen molar-refractivity contribution in [2.75, 3.05) is 14.2 Å². The van der Waals surface area contributed by atoms with E-state index in [1.54, 1.807) is 32.0 Å². The van der Waals surface area contributed by atoms with Crippen molar-refractivity contribution in [3.63, 3.8) is 0 Å². The fourth-order valence-corrected chi connectivity index (χ4v) is 1.56. The lowest BCUT2D eigenvalue weighted by molar-refractivity contribution is -0.147. The van der Waals surface area contributed by atoms with Crippen LogP contribution in [-0.2, 0) is 4.79 Å². The predicted octanol–water partition coefficient (Wildman–Crippen LogP) is 2.19. The van der Waals surface area contributed by atoms with Gasteiger partial charge in [-0.15, -0.1) is 0 Å². The molecule has 1 atom stereocenters. The lowest BCUT2D eigenvalue weighted by atomic mass is 10.1. The van der Waals surface area contributed by atoms with E-state index in [0.29, 0.717) is 17.2 Å². The molecule has 0 fully saturated rings. The number of carbonyl (C=O) groups is 1. The zero-order valence-electron chi connectivity index (χ0n) is 11.0. The number of hydrogen-bond donors (Lipinski definition) is 1. The molecule has 0 radical (unpaired) electrons. The van der Waals surface area contributed by atoms with Gasteiger partial charge in [0, 0.05) is 5.92 Å². The number of rotatable bonds is 6. The molecule has 1 rings (SSSR count). The Bertz CT molecular complexity index is 414. The first-order valence-corrected chi connectivity index (χ1v) is 5.61. The van der Waals surface area contributed by atoms with Crippen molar-refractivity contribution in [2.45, 2.75) is 20.0 Å². The van der Waals surface area contributed by atoms with Crippen LogP contribution < -0.4 is 14.2 Å². The minimum absolute atomic E-state index is 0.154. The maximum atomic E-state index is 11.1. The number of carboxylic acid groups (broad SMARTS) is 1. The van der Waals surface area contributed by atoms with Gasteiger partial charge in [-0.1, -0.05) is 19.9 Å². The van der Waals surface area contributed by atoms with Gasteiger partial charge in [0.15, 0.2) is 17.6 Å². The second-order valence-electron chi connectivity index (χ2n) is 4.11. The zero-order chi connectivity index (χ0) is 13.7. The topological polar surface area (TPSA) is 65.0 Å². The first-order chi connectivity index (χ1) is 8.51. The van der Waals surface area contributed by atoms with Gasteiger partial charge in [-0.25, -0.2) is 4.79 Å². The van der Waals surface area contributed by atoms with E-state index >= 15 is 0 Å². The summed E-state index contributed by atoms with van der Waals surface area (Å²) in [5.74, 6) is 0.0982. The molecule has 5 heteroatoms. The van der Waals surface area contributed by atoms with E-state index in [-0.39, 0.29) is 5.92 Å². The normalized spacial score (nSPS) is 12.1. The van der Waals surface area contributed by atoms with Gasteiger partial charge < -0.3 is 19.3 Å². The Morgan fingerprint density at radius 1 is 1.17 bits per heavy atom. The molecule has 1 N–H and O–H groups in total. The maximum absolute atomic E-state index is 11.1. The van der Waals surface area contributed by atoms with Crippen molar-refractivity contribution in [2.24, 2.45) is 5.92 Å². The van der Waals surface area contributed by atoms with Crippen molar-refractivity contribution in [3.05, 3.63) is 18.2 Å². The molecule has 1 aromatic rings. The van der Waals surface area contributed by atoms with Gasteiger partial charge in [0.05, 0.1) is 14.2 Å². The van der Waals surface area contributed by atoms with Gasteiger partial charge in [-0.2, -0.15) is 0 Å². The molecular formula is C13H18O5. The molecule has 100 valence electrons. The standard InChI is InChI=1S/C13H18O5/c1-8(2)11(13(14)15)18-10-7-5-6-9(16-3)12(10)17-4/h5-8,11H,1-4H3,(H,14,15). The predicted molar refractivity (Wildman–Crippen MR) is 66.4 cm³/mol. The van der Waals surface area contributed by atoms with E-state index in [0.717, 1.165) is 0 Å². The molecule has 0 spiro atoms. The molecule has 0 aromatic heterocycles. The second-order valence-corrected chi connectivity index (χ2v) is 4.11. The SMILES string of the molecule is COc1cccc(OC(C(=O)O)C(C)C)c1OC. The average Bonchev–Trinajstić information content (AvgIpc) is 2.34. The molecule has 1 aromatic carbocycles. The smallest absolute Gasteiger partial charge is 0.345 e. The van der Waals surface area contributed by atoms with Crippen LogP contribution in [0.2, 0.25) is 0 Å². The molecule has 0 amide bonds. The summed E-state index contributed by atoms with van der Waals surface area (Å²) in [7, 11) is 2.99. The van der Waals surface area contributed by atoms with Gasteiger partial charge in [0.2, 0.25) is 5.75 Å². The average molecular weight is 254 g/mol. The van der Waals surface area contributed by atoms with Crippen LogP contribution in [-0.4, -0.2) is 31.4 Å². The molecule has 0 bridgehead atoms. The van der Waals surface area contributed by atoms with E-state index in [2.05, 4.69) is 0 Å². The zero-order valence-corrected chi connectivity index (χ0v) is 11.0. The third kappa shape index (κ3) is 3.06. The number of methoxy groups -OCH3 is 2. The minimum Gasteiger partial charge on any atom is -0.493 e. The van der Waals surface area contributed by atoms with Gasteiger partial charge in [0.25, 0.3) is 0 Å². The van der Waals surface area contributed by atoms with Crippen molar-refractivity contribution in [1.29, 1.82) is 0 Å². The Morgan fingerprint density at radius 2 is 1.78 bits per heavy atom. The van der Waals surface area contributed by atoms with Crippen molar-refractivity contribution < 1.29 is 24.1 Å². The number of para-hydroxylation sites is 1. The summed E-state index contributed by atoms with van der Waals surface area (Å²) < 4.78 is 15.8. The van der Waals surface area contributed by atoms with Crippen LogP contribution in [0.5, 0.6) is 17.2 Å². The highest BCUT2D eigenvalue weighted by Gasteiger charge is 2.25. The van der Waals surface area contributed by atoms with Crippen molar-refractivity contribution in [1.82, 2.24) is 0 Å². The fraction of sp³-hybridized carbons (Fsp3) is 0.462. The van der Waals surface area contributed by atoms with E-state index in [1.165, 1.54) is 14.2 Å². The first-order valence-electron chi connectivity index (χ1n) is 5.61. The van der Waals surface area contributed by atoms with E-state index < -0.39 is 12.1 Å². The number of benzene rings is 1. The van der Waals surface area contributed by atoms with E-state index in [4.69, 9.17) is 19.3 Å². The van der Waals surface area contributed by atoms with Crippen LogP contribution in [0.3, 0.4) is 0 Å². The Kier molecular flexibility index (Phi) is 4.83. The lowest BCUT2D eigenvalue weighted by Gasteiger charge is -2.20.